The van der Waals surface area contributed by atoms with Gasteiger partial charge in [0.1, 0.15) is 5.76 Å². The van der Waals surface area contributed by atoms with Gasteiger partial charge < -0.3 is 9.15 Å². The number of carbonyl (C=O) groups excluding carboxylic acids is 1. The van der Waals surface area contributed by atoms with E-state index in [2.05, 4.69) is 4.74 Å². The van der Waals surface area contributed by atoms with Crippen LogP contribution in [0.25, 0.3) is 0 Å². The molecule has 11 heavy (non-hydrogen) atoms. The van der Waals surface area contributed by atoms with Crippen molar-refractivity contribution in [1.82, 2.24) is 0 Å². The molecule has 0 unspecified atom stereocenters. The molecule has 0 aliphatic carbocycles. The number of rotatable bonds is 0. The second-order valence-electron chi connectivity index (χ2n) is 1.92. The average Bonchev–Trinajstić information content (AvgIpc) is 2.41. The Morgan fingerprint density at radius 2 is 2.18 bits per heavy atom. The molecule has 0 saturated carbocycles. The van der Waals surface area contributed by atoms with E-state index in [1.54, 1.807) is 6.26 Å². The van der Waals surface area contributed by atoms with Crippen LogP contribution in [0.2, 0.25) is 0 Å². The van der Waals surface area contributed by atoms with Crippen molar-refractivity contribution in [1.29, 1.82) is 0 Å². The van der Waals surface area contributed by atoms with E-state index in [0.717, 1.165) is 5.76 Å². The molecule has 1 heterocycles. The van der Waals surface area contributed by atoms with E-state index in [-0.39, 0.29) is 5.97 Å². The Bertz CT molecular complexity index is 189. The summed E-state index contributed by atoms with van der Waals surface area (Å²) in [6.45, 7) is 3.28. The predicted octanol–water partition coefficient (Wildman–Crippen LogP) is 1.77. The minimum Gasteiger partial charge on any atom is -0.470 e. The summed E-state index contributed by atoms with van der Waals surface area (Å²) in [7, 11) is 1.35. The fourth-order valence-corrected chi connectivity index (χ4v) is 0.361. The molecule has 3 nitrogen and oxygen atoms in total. The van der Waals surface area contributed by atoms with Gasteiger partial charge in [0.05, 0.1) is 13.4 Å². The summed E-state index contributed by atoms with van der Waals surface area (Å²) in [5.74, 6) is 0.722. The minimum absolute atomic E-state index is 0.245. The molecule has 1 aromatic heterocycles. The van der Waals surface area contributed by atoms with Gasteiger partial charge in [-0.05, 0) is 19.1 Å². The number of ether oxygens (including phenoxy) is 1. The molecule has 0 bridgehead atoms. The molecule has 0 spiro atoms. The lowest BCUT2D eigenvalue weighted by Gasteiger charge is -1.80. The van der Waals surface area contributed by atoms with Crippen molar-refractivity contribution in [3.63, 3.8) is 0 Å². The van der Waals surface area contributed by atoms with E-state index in [9.17, 15) is 4.79 Å². The summed E-state index contributed by atoms with van der Waals surface area (Å²) in [5, 5.41) is 0. The van der Waals surface area contributed by atoms with Gasteiger partial charge in [-0.1, -0.05) is 0 Å². The van der Waals surface area contributed by atoms with Crippen LogP contribution in [0.4, 0.5) is 0 Å². The van der Waals surface area contributed by atoms with Gasteiger partial charge in [0.2, 0.25) is 0 Å². The lowest BCUT2D eigenvalue weighted by atomic mass is 10.5. The standard InChI is InChI=1S/C5H6O.C3H6O2/c1-5-3-2-4-6-5;1-3(4)5-2/h2-4H,1H3;1-2H3. The third-order valence-electron chi connectivity index (χ3n) is 0.951. The first-order valence-corrected chi connectivity index (χ1v) is 3.21. The Morgan fingerprint density at radius 3 is 2.27 bits per heavy atom. The molecule has 1 aromatic rings. The Kier molecular flexibility index (Phi) is 4.90. The molecule has 3 heteroatoms. The summed E-state index contributed by atoms with van der Waals surface area (Å²) in [5.41, 5.74) is 0. The second kappa shape index (κ2) is 5.53. The molecule has 0 aliphatic heterocycles. The average molecular weight is 156 g/mol. The number of aryl methyl sites for hydroxylation is 1. The highest BCUT2D eigenvalue weighted by Gasteiger charge is 1.76. The third kappa shape index (κ3) is 6.64. The first kappa shape index (κ1) is 9.75. The van der Waals surface area contributed by atoms with E-state index in [0.29, 0.717) is 0 Å². The van der Waals surface area contributed by atoms with E-state index >= 15 is 0 Å². The summed E-state index contributed by atoms with van der Waals surface area (Å²) in [4.78, 5) is 9.59. The number of furan rings is 1. The zero-order chi connectivity index (χ0) is 8.69. The highest BCUT2D eigenvalue weighted by molar-refractivity contribution is 5.65. The van der Waals surface area contributed by atoms with Gasteiger partial charge in [0.25, 0.3) is 0 Å². The fraction of sp³-hybridized carbons (Fsp3) is 0.375. The number of hydrogen-bond donors (Lipinski definition) is 0. The Balaban J connectivity index is 0.000000187. The van der Waals surface area contributed by atoms with Crippen molar-refractivity contribution in [2.45, 2.75) is 13.8 Å². The van der Waals surface area contributed by atoms with Crippen LogP contribution in [0.3, 0.4) is 0 Å². The highest BCUT2D eigenvalue weighted by atomic mass is 16.5. The van der Waals surface area contributed by atoms with E-state index < -0.39 is 0 Å². The quantitative estimate of drug-likeness (QED) is 0.537. The first-order chi connectivity index (χ1) is 5.16. The molecule has 0 aliphatic rings. The molecule has 0 fully saturated rings. The van der Waals surface area contributed by atoms with Crippen LogP contribution in [0, 0.1) is 6.92 Å². The van der Waals surface area contributed by atoms with Crippen LogP contribution in [0.15, 0.2) is 22.8 Å². The van der Waals surface area contributed by atoms with Crippen molar-refractivity contribution in [2.24, 2.45) is 0 Å². The van der Waals surface area contributed by atoms with Crippen LogP contribution in [0.5, 0.6) is 0 Å². The normalized spacial score (nSPS) is 7.91. The molecule has 0 radical (unpaired) electrons. The third-order valence-corrected chi connectivity index (χ3v) is 0.951. The predicted molar refractivity (Wildman–Crippen MR) is 41.1 cm³/mol. The Hall–Kier alpha value is -1.25. The number of hydrogen-bond acceptors (Lipinski definition) is 3. The Morgan fingerprint density at radius 1 is 1.64 bits per heavy atom. The molecule has 0 saturated heterocycles. The zero-order valence-corrected chi connectivity index (χ0v) is 6.96. The van der Waals surface area contributed by atoms with Crippen molar-refractivity contribution in [2.75, 3.05) is 7.11 Å². The van der Waals surface area contributed by atoms with Crippen LogP contribution in [-0.4, -0.2) is 13.1 Å². The summed E-state index contributed by atoms with van der Waals surface area (Å²) >= 11 is 0. The van der Waals surface area contributed by atoms with Crippen LogP contribution in [-0.2, 0) is 9.53 Å². The summed E-state index contributed by atoms with van der Waals surface area (Å²) < 4.78 is 8.94. The van der Waals surface area contributed by atoms with Crippen molar-refractivity contribution >= 4 is 5.97 Å². The number of carbonyl (C=O) groups is 1. The molecular weight excluding hydrogens is 144 g/mol. The SMILES string of the molecule is COC(C)=O.Cc1ccco1. The Labute approximate surface area is 66.0 Å². The van der Waals surface area contributed by atoms with Gasteiger partial charge in [0, 0.05) is 6.92 Å². The molecule has 62 valence electrons. The minimum atomic E-state index is -0.245. The molecule has 0 N–H and O–H groups in total. The van der Waals surface area contributed by atoms with Crippen LogP contribution < -0.4 is 0 Å². The van der Waals surface area contributed by atoms with Gasteiger partial charge in [-0.15, -0.1) is 0 Å². The van der Waals surface area contributed by atoms with E-state index in [1.807, 2.05) is 19.1 Å². The van der Waals surface area contributed by atoms with Crippen LogP contribution in [0.1, 0.15) is 12.7 Å². The van der Waals surface area contributed by atoms with Gasteiger partial charge in [-0.25, -0.2) is 0 Å². The van der Waals surface area contributed by atoms with Gasteiger partial charge >= 0.3 is 5.97 Å². The molecule has 0 amide bonds. The van der Waals surface area contributed by atoms with E-state index in [4.69, 9.17) is 4.42 Å². The van der Waals surface area contributed by atoms with Crippen LogP contribution >= 0.6 is 0 Å². The largest absolute Gasteiger partial charge is 0.470 e. The monoisotopic (exact) mass is 156 g/mol. The maximum absolute atomic E-state index is 9.59. The molecule has 1 rings (SSSR count). The van der Waals surface area contributed by atoms with Gasteiger partial charge in [0.15, 0.2) is 0 Å². The smallest absolute Gasteiger partial charge is 0.302 e. The lowest BCUT2D eigenvalue weighted by molar-refractivity contribution is -0.137. The first-order valence-electron chi connectivity index (χ1n) is 3.21. The second-order valence-corrected chi connectivity index (χ2v) is 1.92. The summed E-state index contributed by atoms with van der Waals surface area (Å²) in [6.07, 6.45) is 1.66. The van der Waals surface area contributed by atoms with Crippen molar-refractivity contribution in [3.05, 3.63) is 24.2 Å². The van der Waals surface area contributed by atoms with Crippen molar-refractivity contribution in [3.8, 4) is 0 Å². The van der Waals surface area contributed by atoms with E-state index in [1.165, 1.54) is 14.0 Å². The molecule has 0 aromatic carbocycles. The van der Waals surface area contributed by atoms with Gasteiger partial charge in [-0.3, -0.25) is 4.79 Å². The number of esters is 1. The topological polar surface area (TPSA) is 39.4 Å². The molecule has 0 atom stereocenters. The van der Waals surface area contributed by atoms with Crippen molar-refractivity contribution < 1.29 is 13.9 Å². The summed E-state index contributed by atoms with van der Waals surface area (Å²) in [6, 6.07) is 3.79. The maximum Gasteiger partial charge on any atom is 0.302 e. The lowest BCUT2D eigenvalue weighted by Crippen LogP contribution is -1.88. The fourth-order valence-electron chi connectivity index (χ4n) is 0.361. The number of methoxy groups -OCH3 is 1. The molecular formula is C8H12O3. The highest BCUT2D eigenvalue weighted by Crippen LogP contribution is 1.93. The van der Waals surface area contributed by atoms with Gasteiger partial charge in [-0.2, -0.15) is 0 Å². The zero-order valence-electron chi connectivity index (χ0n) is 6.96. The maximum atomic E-state index is 9.59.